The Bertz CT molecular complexity index is 350. The van der Waals surface area contributed by atoms with Gasteiger partial charge in [0, 0.05) is 25.5 Å². The predicted molar refractivity (Wildman–Crippen MR) is 70.9 cm³/mol. The van der Waals surface area contributed by atoms with Gasteiger partial charge in [-0.05, 0) is 50.3 Å². The first-order valence-electron chi connectivity index (χ1n) is 6.23. The molecule has 0 bridgehead atoms. The highest BCUT2D eigenvalue weighted by molar-refractivity contribution is 5.26. The standard InChI is InChI=1S/C14H24N2O/c1-5-11-10-16-9-7-12(11)13(15)6-8-14(2,3)17-4/h7,9-10,13H,5-6,8,15H2,1-4H3. The first kappa shape index (κ1) is 14.1. The molecular weight excluding hydrogens is 212 g/mol. The molecule has 0 amide bonds. The van der Waals surface area contributed by atoms with Crippen LogP contribution < -0.4 is 5.73 Å². The van der Waals surface area contributed by atoms with Crippen molar-refractivity contribution in [1.82, 2.24) is 4.98 Å². The molecule has 0 aliphatic carbocycles. The fraction of sp³-hybridized carbons (Fsp3) is 0.643. The normalized spacial score (nSPS) is 13.7. The third-order valence-electron chi connectivity index (χ3n) is 3.33. The van der Waals surface area contributed by atoms with Gasteiger partial charge in [-0.3, -0.25) is 4.98 Å². The van der Waals surface area contributed by atoms with Crippen LogP contribution in [0.1, 0.15) is 50.8 Å². The number of ether oxygens (including phenoxy) is 1. The van der Waals surface area contributed by atoms with E-state index in [1.807, 2.05) is 18.5 Å². The number of hydrogen-bond acceptors (Lipinski definition) is 3. The molecular formula is C14H24N2O. The maximum absolute atomic E-state index is 6.25. The number of nitrogens with two attached hydrogens (primary N) is 1. The van der Waals surface area contributed by atoms with Crippen LogP contribution in [0.5, 0.6) is 0 Å². The second-order valence-corrected chi connectivity index (χ2v) is 5.04. The predicted octanol–water partition coefficient (Wildman–Crippen LogP) is 2.85. The van der Waals surface area contributed by atoms with Gasteiger partial charge in [-0.15, -0.1) is 0 Å². The van der Waals surface area contributed by atoms with Crippen molar-refractivity contribution in [3.05, 3.63) is 29.6 Å². The molecule has 1 heterocycles. The van der Waals surface area contributed by atoms with Crippen LogP contribution in [-0.2, 0) is 11.2 Å². The second kappa shape index (κ2) is 6.12. The highest BCUT2D eigenvalue weighted by Crippen LogP contribution is 2.24. The second-order valence-electron chi connectivity index (χ2n) is 5.04. The largest absolute Gasteiger partial charge is 0.379 e. The fourth-order valence-electron chi connectivity index (χ4n) is 1.86. The molecule has 1 atom stereocenters. The first-order chi connectivity index (χ1) is 8.00. The molecule has 17 heavy (non-hydrogen) atoms. The Balaban J connectivity index is 2.67. The third kappa shape index (κ3) is 4.10. The Hall–Kier alpha value is -0.930. The summed E-state index contributed by atoms with van der Waals surface area (Å²) in [5.41, 5.74) is 8.61. The number of aromatic nitrogens is 1. The molecule has 1 aromatic heterocycles. The summed E-state index contributed by atoms with van der Waals surface area (Å²) in [5, 5.41) is 0. The Morgan fingerprint density at radius 2 is 2.18 bits per heavy atom. The van der Waals surface area contributed by atoms with Gasteiger partial charge in [0.1, 0.15) is 0 Å². The molecule has 0 aromatic carbocycles. The van der Waals surface area contributed by atoms with Crippen molar-refractivity contribution in [1.29, 1.82) is 0 Å². The molecule has 2 N–H and O–H groups in total. The van der Waals surface area contributed by atoms with E-state index >= 15 is 0 Å². The van der Waals surface area contributed by atoms with Crippen LogP contribution >= 0.6 is 0 Å². The molecule has 0 fully saturated rings. The first-order valence-corrected chi connectivity index (χ1v) is 6.23. The van der Waals surface area contributed by atoms with Crippen LogP contribution in [0.4, 0.5) is 0 Å². The number of rotatable bonds is 6. The lowest BCUT2D eigenvalue weighted by Gasteiger charge is -2.25. The summed E-state index contributed by atoms with van der Waals surface area (Å²) in [6.07, 6.45) is 6.59. The number of nitrogens with zero attached hydrogens (tertiary/aromatic N) is 1. The number of pyridine rings is 1. The molecule has 0 aliphatic heterocycles. The quantitative estimate of drug-likeness (QED) is 0.826. The van der Waals surface area contributed by atoms with Crippen molar-refractivity contribution < 1.29 is 4.74 Å². The van der Waals surface area contributed by atoms with Crippen molar-refractivity contribution in [2.45, 2.75) is 51.7 Å². The van der Waals surface area contributed by atoms with Crippen molar-refractivity contribution in [3.8, 4) is 0 Å². The van der Waals surface area contributed by atoms with Gasteiger partial charge in [0.2, 0.25) is 0 Å². The minimum absolute atomic E-state index is 0.0716. The van der Waals surface area contributed by atoms with Crippen molar-refractivity contribution in [3.63, 3.8) is 0 Å². The van der Waals surface area contributed by atoms with Crippen LogP contribution in [0.25, 0.3) is 0 Å². The Morgan fingerprint density at radius 3 is 2.76 bits per heavy atom. The van der Waals surface area contributed by atoms with Crippen LogP contribution in [0.2, 0.25) is 0 Å². The lowest BCUT2D eigenvalue weighted by Crippen LogP contribution is -2.25. The Kier molecular flexibility index (Phi) is 5.09. The molecule has 1 aromatic rings. The molecule has 96 valence electrons. The number of aryl methyl sites for hydroxylation is 1. The molecule has 0 spiro atoms. The monoisotopic (exact) mass is 236 g/mol. The van der Waals surface area contributed by atoms with Crippen molar-refractivity contribution >= 4 is 0 Å². The molecule has 0 aliphatic rings. The van der Waals surface area contributed by atoms with E-state index in [0.717, 1.165) is 19.3 Å². The van der Waals surface area contributed by atoms with Crippen LogP contribution in [0, 0.1) is 0 Å². The van der Waals surface area contributed by atoms with Crippen molar-refractivity contribution in [2.24, 2.45) is 5.73 Å². The summed E-state index contributed by atoms with van der Waals surface area (Å²) < 4.78 is 5.41. The highest BCUT2D eigenvalue weighted by atomic mass is 16.5. The lowest BCUT2D eigenvalue weighted by atomic mass is 9.93. The van der Waals surface area contributed by atoms with E-state index in [0.29, 0.717) is 0 Å². The molecule has 0 saturated carbocycles. The fourth-order valence-corrected chi connectivity index (χ4v) is 1.86. The smallest absolute Gasteiger partial charge is 0.0623 e. The Morgan fingerprint density at radius 1 is 1.47 bits per heavy atom. The van der Waals surface area contributed by atoms with Gasteiger partial charge < -0.3 is 10.5 Å². The number of methoxy groups -OCH3 is 1. The molecule has 1 unspecified atom stereocenters. The van der Waals surface area contributed by atoms with Crippen LogP contribution in [0.15, 0.2) is 18.5 Å². The summed E-state index contributed by atoms with van der Waals surface area (Å²) >= 11 is 0. The summed E-state index contributed by atoms with van der Waals surface area (Å²) in [4.78, 5) is 4.14. The zero-order chi connectivity index (χ0) is 12.9. The van der Waals surface area contributed by atoms with Gasteiger partial charge in [-0.2, -0.15) is 0 Å². The summed E-state index contributed by atoms with van der Waals surface area (Å²) in [6, 6.07) is 2.10. The van der Waals surface area contributed by atoms with Crippen LogP contribution in [-0.4, -0.2) is 17.7 Å². The summed E-state index contributed by atoms with van der Waals surface area (Å²) in [6.45, 7) is 6.31. The molecule has 3 nitrogen and oxygen atoms in total. The van der Waals surface area contributed by atoms with E-state index < -0.39 is 0 Å². The van der Waals surface area contributed by atoms with E-state index in [1.54, 1.807) is 7.11 Å². The SMILES string of the molecule is CCc1cnccc1C(N)CCC(C)(C)OC. The van der Waals surface area contributed by atoms with Gasteiger partial charge in [-0.1, -0.05) is 6.92 Å². The molecule has 0 saturated heterocycles. The van der Waals surface area contributed by atoms with Crippen molar-refractivity contribution in [2.75, 3.05) is 7.11 Å². The maximum Gasteiger partial charge on any atom is 0.0623 e. The summed E-state index contributed by atoms with van der Waals surface area (Å²) in [7, 11) is 1.75. The minimum atomic E-state index is -0.100. The third-order valence-corrected chi connectivity index (χ3v) is 3.33. The number of hydrogen-bond donors (Lipinski definition) is 1. The van der Waals surface area contributed by atoms with Gasteiger partial charge >= 0.3 is 0 Å². The van der Waals surface area contributed by atoms with Crippen LogP contribution in [0.3, 0.4) is 0 Å². The van der Waals surface area contributed by atoms with Gasteiger partial charge in [0.05, 0.1) is 5.60 Å². The summed E-state index contributed by atoms with van der Waals surface area (Å²) in [5.74, 6) is 0. The lowest BCUT2D eigenvalue weighted by molar-refractivity contribution is 0.0125. The minimum Gasteiger partial charge on any atom is -0.379 e. The van der Waals surface area contributed by atoms with E-state index in [9.17, 15) is 0 Å². The Labute approximate surface area is 104 Å². The average molecular weight is 236 g/mol. The average Bonchev–Trinajstić information content (AvgIpc) is 2.36. The van der Waals surface area contributed by atoms with E-state index in [1.165, 1.54) is 11.1 Å². The molecule has 3 heteroatoms. The van der Waals surface area contributed by atoms with E-state index in [-0.39, 0.29) is 11.6 Å². The molecule has 0 radical (unpaired) electrons. The zero-order valence-corrected chi connectivity index (χ0v) is 11.4. The van der Waals surface area contributed by atoms with E-state index in [4.69, 9.17) is 10.5 Å². The highest BCUT2D eigenvalue weighted by Gasteiger charge is 2.19. The maximum atomic E-state index is 6.25. The van der Waals surface area contributed by atoms with Gasteiger partial charge in [-0.25, -0.2) is 0 Å². The van der Waals surface area contributed by atoms with E-state index in [2.05, 4.69) is 25.8 Å². The molecule has 1 rings (SSSR count). The topological polar surface area (TPSA) is 48.1 Å². The zero-order valence-electron chi connectivity index (χ0n) is 11.4. The van der Waals surface area contributed by atoms with Gasteiger partial charge in [0.25, 0.3) is 0 Å². The van der Waals surface area contributed by atoms with Gasteiger partial charge in [0.15, 0.2) is 0 Å².